The molecule has 28 heavy (non-hydrogen) atoms. The van der Waals surface area contributed by atoms with Crippen molar-refractivity contribution in [3.63, 3.8) is 0 Å². The van der Waals surface area contributed by atoms with Gasteiger partial charge in [0.1, 0.15) is 0 Å². The molecule has 3 rings (SSSR count). The highest BCUT2D eigenvalue weighted by molar-refractivity contribution is 7.89. The zero-order valence-electron chi connectivity index (χ0n) is 16.5. The molecule has 0 bridgehead atoms. The molecule has 3 aromatic rings. The molecule has 1 aromatic carbocycles. The van der Waals surface area contributed by atoms with Crippen LogP contribution in [0, 0.1) is 13.8 Å². The van der Waals surface area contributed by atoms with Gasteiger partial charge in [0.05, 0.1) is 24.2 Å². The number of methoxy groups -OCH3 is 1. The second kappa shape index (κ2) is 8.12. The number of likely N-dealkylation sites (N-methyl/N-ethyl adjacent to an activating group) is 1. The molecule has 0 aliphatic rings. The summed E-state index contributed by atoms with van der Waals surface area (Å²) in [5.41, 5.74) is 3.53. The summed E-state index contributed by atoms with van der Waals surface area (Å²) in [7, 11) is -0.473. The topological polar surface area (TPSA) is 77.3 Å². The number of ether oxygens (including phenoxy) is 1. The van der Waals surface area contributed by atoms with Crippen molar-refractivity contribution in [1.82, 2.24) is 19.1 Å². The summed E-state index contributed by atoms with van der Waals surface area (Å²) in [4.78, 5) is 4.43. The standard InChI is InChI=1S/C20H24N4O3S/c1-15-12-16(2)24(22-15)11-10-23(3)28(25,26)19-7-5-6-17(13-19)18-8-9-20(27-4)21-14-18/h5-9,12-14H,10-11H2,1-4H3. The van der Waals surface area contributed by atoms with E-state index in [9.17, 15) is 8.42 Å². The molecule has 0 aliphatic carbocycles. The van der Waals surface area contributed by atoms with Crippen LogP contribution in [0.4, 0.5) is 0 Å². The molecule has 0 amide bonds. The van der Waals surface area contributed by atoms with E-state index in [-0.39, 0.29) is 4.90 Å². The summed E-state index contributed by atoms with van der Waals surface area (Å²) < 4.78 is 34.2. The predicted molar refractivity (Wildman–Crippen MR) is 108 cm³/mol. The third-order valence-corrected chi connectivity index (χ3v) is 6.40. The monoisotopic (exact) mass is 400 g/mol. The number of pyridine rings is 1. The van der Waals surface area contributed by atoms with E-state index in [1.165, 1.54) is 4.31 Å². The molecule has 0 fully saturated rings. The number of benzene rings is 1. The number of rotatable bonds is 7. The zero-order valence-corrected chi connectivity index (χ0v) is 17.3. The van der Waals surface area contributed by atoms with E-state index in [1.54, 1.807) is 44.6 Å². The molecule has 0 atom stereocenters. The second-order valence-electron chi connectivity index (χ2n) is 6.59. The SMILES string of the molecule is COc1ccc(-c2cccc(S(=O)(=O)N(C)CCn3nc(C)cc3C)c2)cn1. The fourth-order valence-electron chi connectivity index (χ4n) is 2.94. The molecule has 2 aromatic heterocycles. The summed E-state index contributed by atoms with van der Waals surface area (Å²) >= 11 is 0. The van der Waals surface area contributed by atoms with Crippen molar-refractivity contribution in [1.29, 1.82) is 0 Å². The third kappa shape index (κ3) is 4.23. The molecule has 2 heterocycles. The van der Waals surface area contributed by atoms with E-state index in [1.807, 2.05) is 36.7 Å². The fourth-order valence-corrected chi connectivity index (χ4v) is 4.15. The van der Waals surface area contributed by atoms with Gasteiger partial charge in [-0.2, -0.15) is 9.40 Å². The average molecular weight is 401 g/mol. The second-order valence-corrected chi connectivity index (χ2v) is 8.64. The molecule has 0 N–H and O–H groups in total. The molecule has 0 saturated carbocycles. The first-order chi connectivity index (χ1) is 13.3. The zero-order chi connectivity index (χ0) is 20.3. The van der Waals surface area contributed by atoms with Crippen molar-refractivity contribution in [2.75, 3.05) is 20.7 Å². The first-order valence-electron chi connectivity index (χ1n) is 8.89. The van der Waals surface area contributed by atoms with Gasteiger partial charge in [0, 0.05) is 37.1 Å². The summed E-state index contributed by atoms with van der Waals surface area (Å²) in [6, 6.07) is 12.4. The number of aryl methyl sites for hydroxylation is 2. The highest BCUT2D eigenvalue weighted by Crippen LogP contribution is 2.24. The molecule has 0 aliphatic heterocycles. The Morgan fingerprint density at radius 1 is 1.11 bits per heavy atom. The van der Waals surface area contributed by atoms with Crippen LogP contribution in [-0.4, -0.2) is 48.2 Å². The minimum Gasteiger partial charge on any atom is -0.481 e. The fraction of sp³-hybridized carbons (Fsp3) is 0.300. The first-order valence-corrected chi connectivity index (χ1v) is 10.3. The van der Waals surface area contributed by atoms with Gasteiger partial charge in [0.25, 0.3) is 0 Å². The lowest BCUT2D eigenvalue weighted by Gasteiger charge is -2.18. The summed E-state index contributed by atoms with van der Waals surface area (Å²) in [6.45, 7) is 4.71. The van der Waals surface area contributed by atoms with Crippen molar-refractivity contribution in [2.45, 2.75) is 25.3 Å². The lowest BCUT2D eigenvalue weighted by molar-refractivity contribution is 0.398. The highest BCUT2D eigenvalue weighted by Gasteiger charge is 2.21. The first kappa shape index (κ1) is 20.0. The third-order valence-electron chi connectivity index (χ3n) is 4.55. The van der Waals surface area contributed by atoms with Crippen LogP contribution in [0.5, 0.6) is 5.88 Å². The molecule has 7 nitrogen and oxygen atoms in total. The van der Waals surface area contributed by atoms with Crippen molar-refractivity contribution >= 4 is 10.0 Å². The molecule has 0 saturated heterocycles. The molecule has 0 unspecified atom stereocenters. The maximum atomic E-state index is 13.0. The van der Waals surface area contributed by atoms with E-state index in [4.69, 9.17) is 4.74 Å². The average Bonchev–Trinajstić information content (AvgIpc) is 3.03. The molecule has 0 radical (unpaired) electrons. The smallest absolute Gasteiger partial charge is 0.242 e. The van der Waals surface area contributed by atoms with Crippen molar-refractivity contribution in [2.24, 2.45) is 0 Å². The number of hydrogen-bond acceptors (Lipinski definition) is 5. The summed E-state index contributed by atoms with van der Waals surface area (Å²) in [5, 5.41) is 4.38. The maximum Gasteiger partial charge on any atom is 0.242 e. The minimum atomic E-state index is -3.61. The van der Waals surface area contributed by atoms with Crippen molar-refractivity contribution < 1.29 is 13.2 Å². The van der Waals surface area contributed by atoms with Gasteiger partial charge >= 0.3 is 0 Å². The minimum absolute atomic E-state index is 0.247. The normalized spacial score (nSPS) is 11.8. The quantitative estimate of drug-likeness (QED) is 0.609. The van der Waals surface area contributed by atoms with Crippen LogP contribution in [0.15, 0.2) is 53.6 Å². The van der Waals surface area contributed by atoms with Crippen LogP contribution in [0.1, 0.15) is 11.4 Å². The van der Waals surface area contributed by atoms with E-state index >= 15 is 0 Å². The number of sulfonamides is 1. The van der Waals surface area contributed by atoms with E-state index < -0.39 is 10.0 Å². The maximum absolute atomic E-state index is 13.0. The van der Waals surface area contributed by atoms with Crippen LogP contribution >= 0.6 is 0 Å². The Morgan fingerprint density at radius 2 is 1.89 bits per heavy atom. The van der Waals surface area contributed by atoms with Gasteiger partial charge < -0.3 is 4.74 Å². The molecule has 0 spiro atoms. The van der Waals surface area contributed by atoms with Crippen molar-refractivity contribution in [3.05, 3.63) is 60.0 Å². The summed E-state index contributed by atoms with van der Waals surface area (Å²) in [5.74, 6) is 0.511. The largest absolute Gasteiger partial charge is 0.481 e. The van der Waals surface area contributed by atoms with Gasteiger partial charge in [-0.05, 0) is 43.7 Å². The van der Waals surface area contributed by atoms with Crippen LogP contribution in [0.3, 0.4) is 0 Å². The van der Waals surface area contributed by atoms with E-state index in [0.717, 1.165) is 22.5 Å². The predicted octanol–water partition coefficient (Wildman–Crippen LogP) is 2.89. The Kier molecular flexibility index (Phi) is 5.81. The van der Waals surface area contributed by atoms with Gasteiger partial charge in [-0.15, -0.1) is 0 Å². The van der Waals surface area contributed by atoms with Crippen LogP contribution in [-0.2, 0) is 16.6 Å². The Balaban J connectivity index is 1.79. The van der Waals surface area contributed by atoms with Crippen LogP contribution < -0.4 is 4.74 Å². The highest BCUT2D eigenvalue weighted by atomic mass is 32.2. The van der Waals surface area contributed by atoms with Gasteiger partial charge in [0.15, 0.2) is 0 Å². The van der Waals surface area contributed by atoms with Gasteiger partial charge in [-0.1, -0.05) is 12.1 Å². The molecular weight excluding hydrogens is 376 g/mol. The Bertz CT molecular complexity index is 1060. The van der Waals surface area contributed by atoms with Crippen LogP contribution in [0.2, 0.25) is 0 Å². The Hall–Kier alpha value is -2.71. The molecule has 8 heteroatoms. The van der Waals surface area contributed by atoms with Gasteiger partial charge in [-0.3, -0.25) is 4.68 Å². The molecule has 148 valence electrons. The van der Waals surface area contributed by atoms with Gasteiger partial charge in [0.2, 0.25) is 15.9 Å². The van der Waals surface area contributed by atoms with E-state index in [0.29, 0.717) is 19.0 Å². The number of hydrogen-bond donors (Lipinski definition) is 0. The number of aromatic nitrogens is 3. The lowest BCUT2D eigenvalue weighted by atomic mass is 10.1. The van der Waals surface area contributed by atoms with Crippen molar-refractivity contribution in [3.8, 4) is 17.0 Å². The Labute approximate surface area is 165 Å². The number of nitrogens with zero attached hydrogens (tertiary/aromatic N) is 4. The van der Waals surface area contributed by atoms with E-state index in [2.05, 4.69) is 10.1 Å². The van der Waals surface area contributed by atoms with Crippen LogP contribution in [0.25, 0.3) is 11.1 Å². The van der Waals surface area contributed by atoms with Gasteiger partial charge in [-0.25, -0.2) is 13.4 Å². The lowest BCUT2D eigenvalue weighted by Crippen LogP contribution is -2.30. The summed E-state index contributed by atoms with van der Waals surface area (Å²) in [6.07, 6.45) is 1.66. The molecular formula is C20H24N4O3S. The Morgan fingerprint density at radius 3 is 2.50 bits per heavy atom.